The topological polar surface area (TPSA) is 74.8 Å². The summed E-state index contributed by atoms with van der Waals surface area (Å²) in [5.74, 6) is 0.225. The Labute approximate surface area is 97.6 Å². The largest absolute Gasteiger partial charge is 0.330 e. The van der Waals surface area contributed by atoms with Gasteiger partial charge in [0.25, 0.3) is 10.0 Å². The molecule has 5 nitrogen and oxygen atoms in total. The molecule has 16 heavy (non-hydrogen) atoms. The number of aromatic amines is 1. The second-order valence-corrected chi connectivity index (χ2v) is 6.43. The standard InChI is InChI=1S/C9H11N3O2S2/c1-6-5-8(7(2)15-6)16(13,14)12-9-10-3-4-11-9/h3-5H,1-2H3,(H2,10,11,12). The number of hydrogen-bond acceptors (Lipinski definition) is 4. The Balaban J connectivity index is 2.36. The van der Waals surface area contributed by atoms with Crippen LogP contribution in [0.15, 0.2) is 23.4 Å². The van der Waals surface area contributed by atoms with Gasteiger partial charge in [0.1, 0.15) is 4.90 Å². The minimum Gasteiger partial charge on any atom is -0.330 e. The molecule has 0 aromatic carbocycles. The molecule has 0 unspecified atom stereocenters. The van der Waals surface area contributed by atoms with E-state index in [1.54, 1.807) is 19.2 Å². The van der Waals surface area contributed by atoms with Crippen LogP contribution < -0.4 is 4.72 Å². The van der Waals surface area contributed by atoms with Gasteiger partial charge in [-0.15, -0.1) is 11.3 Å². The van der Waals surface area contributed by atoms with Crippen molar-refractivity contribution in [1.29, 1.82) is 0 Å². The van der Waals surface area contributed by atoms with Crippen LogP contribution in [0, 0.1) is 13.8 Å². The van der Waals surface area contributed by atoms with Crippen LogP contribution in [0.3, 0.4) is 0 Å². The van der Waals surface area contributed by atoms with Crippen molar-refractivity contribution in [3.05, 3.63) is 28.2 Å². The summed E-state index contributed by atoms with van der Waals surface area (Å²) in [4.78, 5) is 8.57. The first-order chi connectivity index (χ1) is 7.49. The first-order valence-electron chi connectivity index (χ1n) is 4.58. The van der Waals surface area contributed by atoms with Gasteiger partial charge >= 0.3 is 0 Å². The number of anilines is 1. The highest BCUT2D eigenvalue weighted by molar-refractivity contribution is 7.92. The number of aromatic nitrogens is 2. The fourth-order valence-corrected chi connectivity index (χ4v) is 3.91. The second-order valence-electron chi connectivity index (χ2n) is 3.32. The summed E-state index contributed by atoms with van der Waals surface area (Å²) in [6, 6.07) is 1.66. The highest BCUT2D eigenvalue weighted by Gasteiger charge is 2.19. The van der Waals surface area contributed by atoms with E-state index in [0.29, 0.717) is 4.90 Å². The van der Waals surface area contributed by atoms with E-state index in [1.165, 1.54) is 17.5 Å². The van der Waals surface area contributed by atoms with E-state index in [2.05, 4.69) is 14.7 Å². The number of rotatable bonds is 3. The summed E-state index contributed by atoms with van der Waals surface area (Å²) in [6.07, 6.45) is 3.05. The number of imidazole rings is 1. The molecule has 0 aliphatic rings. The minimum absolute atomic E-state index is 0.225. The summed E-state index contributed by atoms with van der Waals surface area (Å²) < 4.78 is 26.3. The molecule has 0 radical (unpaired) electrons. The lowest BCUT2D eigenvalue weighted by atomic mass is 10.4. The maximum absolute atomic E-state index is 12.0. The molecule has 0 bridgehead atoms. The van der Waals surface area contributed by atoms with E-state index >= 15 is 0 Å². The summed E-state index contributed by atoms with van der Waals surface area (Å²) in [6.45, 7) is 3.66. The average molecular weight is 257 g/mol. The zero-order chi connectivity index (χ0) is 11.8. The van der Waals surface area contributed by atoms with Crippen molar-refractivity contribution in [1.82, 2.24) is 9.97 Å². The Morgan fingerprint density at radius 1 is 1.44 bits per heavy atom. The van der Waals surface area contributed by atoms with Gasteiger partial charge in [-0.2, -0.15) is 0 Å². The Morgan fingerprint density at radius 2 is 2.19 bits per heavy atom. The Bertz CT molecular complexity index is 584. The van der Waals surface area contributed by atoms with Crippen LogP contribution in [0.5, 0.6) is 0 Å². The van der Waals surface area contributed by atoms with Crippen molar-refractivity contribution in [2.75, 3.05) is 4.72 Å². The minimum atomic E-state index is -3.53. The van der Waals surface area contributed by atoms with Crippen LogP contribution in [0.25, 0.3) is 0 Å². The quantitative estimate of drug-likeness (QED) is 0.881. The first-order valence-corrected chi connectivity index (χ1v) is 6.88. The van der Waals surface area contributed by atoms with Crippen molar-refractivity contribution in [3.8, 4) is 0 Å². The summed E-state index contributed by atoms with van der Waals surface area (Å²) >= 11 is 1.46. The molecule has 0 fully saturated rings. The summed E-state index contributed by atoms with van der Waals surface area (Å²) in [7, 11) is -3.53. The van der Waals surface area contributed by atoms with E-state index in [-0.39, 0.29) is 5.95 Å². The summed E-state index contributed by atoms with van der Waals surface area (Å²) in [5.41, 5.74) is 0. The zero-order valence-electron chi connectivity index (χ0n) is 8.81. The second kappa shape index (κ2) is 3.91. The molecular weight excluding hydrogens is 246 g/mol. The van der Waals surface area contributed by atoms with Crippen molar-refractivity contribution >= 4 is 27.3 Å². The van der Waals surface area contributed by atoms with Gasteiger partial charge in [0.05, 0.1) is 0 Å². The Morgan fingerprint density at radius 3 is 2.69 bits per heavy atom. The van der Waals surface area contributed by atoms with Crippen molar-refractivity contribution in [2.24, 2.45) is 0 Å². The smallest absolute Gasteiger partial charge is 0.265 e. The monoisotopic (exact) mass is 257 g/mol. The molecule has 2 rings (SSSR count). The van der Waals surface area contributed by atoms with Crippen LogP contribution in [0.2, 0.25) is 0 Å². The van der Waals surface area contributed by atoms with Crippen molar-refractivity contribution in [3.63, 3.8) is 0 Å². The van der Waals surface area contributed by atoms with Gasteiger partial charge in [-0.05, 0) is 19.9 Å². The van der Waals surface area contributed by atoms with Gasteiger partial charge in [-0.25, -0.2) is 18.1 Å². The van der Waals surface area contributed by atoms with Gasteiger partial charge in [0.15, 0.2) is 0 Å². The van der Waals surface area contributed by atoms with E-state index in [9.17, 15) is 8.42 Å². The fraction of sp³-hybridized carbons (Fsp3) is 0.222. The number of H-pyrrole nitrogens is 1. The SMILES string of the molecule is Cc1cc(S(=O)(=O)Nc2ncc[nH]2)c(C)s1. The van der Waals surface area contributed by atoms with Gasteiger partial charge in [-0.1, -0.05) is 0 Å². The van der Waals surface area contributed by atoms with Crippen molar-refractivity contribution in [2.45, 2.75) is 18.7 Å². The molecule has 0 saturated heterocycles. The van der Waals surface area contributed by atoms with Gasteiger partial charge in [0, 0.05) is 22.1 Å². The van der Waals surface area contributed by atoms with Crippen molar-refractivity contribution < 1.29 is 8.42 Å². The number of hydrogen-bond donors (Lipinski definition) is 2. The van der Waals surface area contributed by atoms with E-state index in [4.69, 9.17) is 0 Å². The maximum atomic E-state index is 12.0. The average Bonchev–Trinajstić information content (AvgIpc) is 2.75. The molecule has 2 aromatic heterocycles. The normalized spacial score (nSPS) is 11.6. The lowest BCUT2D eigenvalue weighted by Crippen LogP contribution is -2.14. The lowest BCUT2D eigenvalue weighted by molar-refractivity contribution is 0.600. The number of nitrogens with zero attached hydrogens (tertiary/aromatic N) is 1. The lowest BCUT2D eigenvalue weighted by Gasteiger charge is -2.03. The van der Waals surface area contributed by atoms with E-state index < -0.39 is 10.0 Å². The first kappa shape index (κ1) is 11.2. The van der Waals surface area contributed by atoms with Gasteiger partial charge < -0.3 is 4.98 Å². The number of thiophene rings is 1. The molecule has 0 aliphatic carbocycles. The summed E-state index contributed by atoms with van der Waals surface area (Å²) in [5, 5.41) is 0. The molecular formula is C9H11N3O2S2. The van der Waals surface area contributed by atoms with Gasteiger partial charge in [-0.3, -0.25) is 0 Å². The fourth-order valence-electron chi connectivity index (χ4n) is 1.38. The molecule has 2 heterocycles. The zero-order valence-corrected chi connectivity index (χ0v) is 10.4. The third-order valence-corrected chi connectivity index (χ3v) is 4.57. The number of sulfonamides is 1. The maximum Gasteiger partial charge on any atom is 0.265 e. The van der Waals surface area contributed by atoms with Gasteiger partial charge in [0.2, 0.25) is 5.95 Å². The molecule has 2 N–H and O–H groups in total. The molecule has 7 heteroatoms. The van der Waals surface area contributed by atoms with Crippen LogP contribution in [-0.4, -0.2) is 18.4 Å². The molecule has 0 amide bonds. The van der Waals surface area contributed by atoms with Crippen LogP contribution >= 0.6 is 11.3 Å². The third kappa shape index (κ3) is 2.10. The third-order valence-electron chi connectivity index (χ3n) is 2.01. The molecule has 86 valence electrons. The predicted molar refractivity (Wildman–Crippen MR) is 63.2 cm³/mol. The van der Waals surface area contributed by atoms with Crippen LogP contribution in [-0.2, 0) is 10.0 Å². The molecule has 2 aromatic rings. The van der Waals surface area contributed by atoms with E-state index in [0.717, 1.165) is 9.75 Å². The Kier molecular flexibility index (Phi) is 2.73. The number of aryl methyl sites for hydroxylation is 2. The highest BCUT2D eigenvalue weighted by Crippen LogP contribution is 2.25. The number of nitrogens with one attached hydrogen (secondary N) is 2. The molecule has 0 aliphatic heterocycles. The van der Waals surface area contributed by atoms with Crippen LogP contribution in [0.1, 0.15) is 9.75 Å². The molecule has 0 saturated carbocycles. The molecule has 0 atom stereocenters. The highest BCUT2D eigenvalue weighted by atomic mass is 32.2. The predicted octanol–water partition coefficient (Wildman–Crippen LogP) is 1.89. The van der Waals surface area contributed by atoms with E-state index in [1.807, 2.05) is 6.92 Å². The molecule has 0 spiro atoms. The Hall–Kier alpha value is -1.34. The van der Waals surface area contributed by atoms with Crippen LogP contribution in [0.4, 0.5) is 5.95 Å².